The first-order valence-electron chi connectivity index (χ1n) is 8.67. The van der Waals surface area contributed by atoms with E-state index in [1.165, 1.54) is 25.3 Å². The molecule has 3 amide bonds. The van der Waals surface area contributed by atoms with Crippen LogP contribution in [0.1, 0.15) is 18.5 Å². The second-order valence-corrected chi connectivity index (χ2v) is 6.14. The van der Waals surface area contributed by atoms with Crippen LogP contribution in [0.15, 0.2) is 59.8 Å². The van der Waals surface area contributed by atoms with Crippen LogP contribution in [0.3, 0.4) is 0 Å². The quantitative estimate of drug-likeness (QED) is 0.688. The molecular weight excluding hydrogens is 384 g/mol. The minimum absolute atomic E-state index is 0.134. The van der Waals surface area contributed by atoms with Gasteiger partial charge in [-0.2, -0.15) is 8.78 Å². The van der Waals surface area contributed by atoms with Crippen molar-refractivity contribution in [2.24, 2.45) is 0 Å². The molecule has 1 aliphatic rings. The van der Waals surface area contributed by atoms with Crippen LogP contribution in [0.2, 0.25) is 0 Å². The van der Waals surface area contributed by atoms with E-state index in [0.717, 1.165) is 0 Å². The minimum Gasteiger partial charge on any atom is -0.495 e. The van der Waals surface area contributed by atoms with E-state index in [0.29, 0.717) is 11.4 Å². The Morgan fingerprint density at radius 2 is 1.76 bits per heavy atom. The van der Waals surface area contributed by atoms with Gasteiger partial charge >= 0.3 is 12.6 Å². The maximum atomic E-state index is 13.1. The summed E-state index contributed by atoms with van der Waals surface area (Å²) in [7, 11) is 1.47. The number of carbonyl (C=O) groups excluding carboxylic acids is 2. The van der Waals surface area contributed by atoms with Crippen molar-refractivity contribution in [2.75, 3.05) is 12.4 Å². The molecule has 0 bridgehead atoms. The zero-order valence-electron chi connectivity index (χ0n) is 15.7. The van der Waals surface area contributed by atoms with Crippen LogP contribution < -0.4 is 25.4 Å². The lowest BCUT2D eigenvalue weighted by molar-refractivity contribution is -0.113. The van der Waals surface area contributed by atoms with Gasteiger partial charge in [-0.15, -0.1) is 0 Å². The maximum absolute atomic E-state index is 13.1. The van der Waals surface area contributed by atoms with Crippen molar-refractivity contribution in [3.8, 4) is 11.5 Å². The average molecular weight is 403 g/mol. The number of allylic oxidation sites excluding steroid dienone is 1. The molecular formula is C20H19F2N3O4. The average Bonchev–Trinajstić information content (AvgIpc) is 2.67. The fourth-order valence-corrected chi connectivity index (χ4v) is 3.09. The Bertz CT molecular complexity index is 962. The van der Waals surface area contributed by atoms with E-state index in [1.807, 2.05) is 0 Å². The number of urea groups is 1. The van der Waals surface area contributed by atoms with Crippen LogP contribution in [0, 0.1) is 0 Å². The van der Waals surface area contributed by atoms with Crippen LogP contribution in [-0.4, -0.2) is 25.7 Å². The minimum atomic E-state index is -3.05. The largest absolute Gasteiger partial charge is 0.495 e. The molecule has 7 nitrogen and oxygen atoms in total. The SMILES string of the molecule is COc1ccccc1NC(=O)C1=C(C)NC(=O)NC1c1ccccc1OC(F)F. The first-order valence-corrected chi connectivity index (χ1v) is 8.67. The van der Waals surface area contributed by atoms with Crippen LogP contribution in [-0.2, 0) is 4.79 Å². The molecule has 1 heterocycles. The highest BCUT2D eigenvalue weighted by atomic mass is 19.3. The van der Waals surface area contributed by atoms with Gasteiger partial charge < -0.3 is 25.4 Å². The Balaban J connectivity index is 2.00. The Kier molecular flexibility index (Phi) is 5.96. The standard InChI is InChI=1S/C20H19F2N3O4/c1-11-16(18(26)24-13-8-4-6-10-15(13)28-2)17(25-20(27)23-11)12-7-3-5-9-14(12)29-19(21)22/h3-10,17,19H,1-2H3,(H,24,26)(H2,23,25,27). The first-order chi connectivity index (χ1) is 13.9. The summed E-state index contributed by atoms with van der Waals surface area (Å²) in [5.74, 6) is -0.216. The Labute approximate surface area is 165 Å². The molecule has 3 rings (SSSR count). The van der Waals surface area contributed by atoms with Crippen molar-refractivity contribution in [3.05, 3.63) is 65.4 Å². The Morgan fingerprint density at radius 1 is 1.10 bits per heavy atom. The summed E-state index contributed by atoms with van der Waals surface area (Å²) in [6.45, 7) is -1.50. The molecule has 0 radical (unpaired) electrons. The number of para-hydroxylation sites is 3. The topological polar surface area (TPSA) is 88.7 Å². The van der Waals surface area contributed by atoms with E-state index < -0.39 is 24.6 Å². The van der Waals surface area contributed by atoms with Gasteiger partial charge in [-0.3, -0.25) is 4.79 Å². The van der Waals surface area contributed by atoms with Crippen molar-refractivity contribution in [1.82, 2.24) is 10.6 Å². The Hall–Kier alpha value is -3.62. The second kappa shape index (κ2) is 8.59. The molecule has 2 aromatic rings. The molecule has 0 aromatic heterocycles. The fraction of sp³-hybridized carbons (Fsp3) is 0.200. The highest BCUT2D eigenvalue weighted by Gasteiger charge is 2.33. The molecule has 29 heavy (non-hydrogen) atoms. The van der Waals surface area contributed by atoms with Crippen LogP contribution >= 0.6 is 0 Å². The molecule has 0 fully saturated rings. The Morgan fingerprint density at radius 3 is 2.45 bits per heavy atom. The lowest BCUT2D eigenvalue weighted by Crippen LogP contribution is -2.46. The van der Waals surface area contributed by atoms with Crippen molar-refractivity contribution in [1.29, 1.82) is 0 Å². The maximum Gasteiger partial charge on any atom is 0.387 e. The predicted molar refractivity (Wildman–Crippen MR) is 102 cm³/mol. The molecule has 152 valence electrons. The number of benzene rings is 2. The van der Waals surface area contributed by atoms with Gasteiger partial charge in [0.15, 0.2) is 0 Å². The number of hydrogen-bond acceptors (Lipinski definition) is 4. The van der Waals surface area contributed by atoms with Crippen molar-refractivity contribution >= 4 is 17.6 Å². The van der Waals surface area contributed by atoms with Gasteiger partial charge in [0.05, 0.1) is 24.4 Å². The molecule has 0 saturated heterocycles. The number of carbonyl (C=O) groups is 2. The fourth-order valence-electron chi connectivity index (χ4n) is 3.09. The van der Waals surface area contributed by atoms with E-state index >= 15 is 0 Å². The van der Waals surface area contributed by atoms with Crippen LogP contribution in [0.5, 0.6) is 11.5 Å². The van der Waals surface area contributed by atoms with Crippen LogP contribution in [0.4, 0.5) is 19.3 Å². The van der Waals surface area contributed by atoms with E-state index in [4.69, 9.17) is 4.74 Å². The van der Waals surface area contributed by atoms with E-state index in [9.17, 15) is 18.4 Å². The number of methoxy groups -OCH3 is 1. The lowest BCUT2D eigenvalue weighted by Gasteiger charge is -2.29. The van der Waals surface area contributed by atoms with Gasteiger partial charge in [-0.25, -0.2) is 4.79 Å². The summed E-state index contributed by atoms with van der Waals surface area (Å²) < 4.78 is 35.4. The van der Waals surface area contributed by atoms with Crippen molar-refractivity contribution in [3.63, 3.8) is 0 Å². The first kappa shape index (κ1) is 20.1. The highest BCUT2D eigenvalue weighted by molar-refractivity contribution is 6.07. The smallest absolute Gasteiger partial charge is 0.387 e. The summed E-state index contributed by atoms with van der Waals surface area (Å²) >= 11 is 0. The number of hydrogen-bond donors (Lipinski definition) is 3. The monoisotopic (exact) mass is 403 g/mol. The molecule has 0 spiro atoms. The summed E-state index contributed by atoms with van der Waals surface area (Å²) in [5, 5.41) is 7.86. The zero-order valence-corrected chi connectivity index (χ0v) is 15.7. The van der Waals surface area contributed by atoms with Crippen LogP contribution in [0.25, 0.3) is 0 Å². The number of anilines is 1. The number of rotatable bonds is 6. The van der Waals surface area contributed by atoms with E-state index in [1.54, 1.807) is 37.3 Å². The summed E-state index contributed by atoms with van der Waals surface area (Å²) in [5.41, 5.74) is 1.10. The number of alkyl halides is 2. The molecule has 1 unspecified atom stereocenters. The zero-order chi connectivity index (χ0) is 21.0. The van der Waals surface area contributed by atoms with E-state index in [-0.39, 0.29) is 22.6 Å². The molecule has 9 heteroatoms. The molecule has 2 aromatic carbocycles. The molecule has 0 saturated carbocycles. The van der Waals surface area contributed by atoms with Gasteiger partial charge in [0.2, 0.25) is 0 Å². The third-order valence-corrected chi connectivity index (χ3v) is 4.32. The third-order valence-electron chi connectivity index (χ3n) is 4.32. The van der Waals surface area contributed by atoms with E-state index in [2.05, 4.69) is 20.7 Å². The summed E-state index contributed by atoms with van der Waals surface area (Å²) in [6, 6.07) is 11.2. The number of nitrogens with one attached hydrogen (secondary N) is 3. The van der Waals surface area contributed by atoms with Gasteiger partial charge in [-0.1, -0.05) is 30.3 Å². The normalized spacial score (nSPS) is 16.2. The van der Waals surface area contributed by atoms with Gasteiger partial charge in [0.25, 0.3) is 5.91 Å². The molecule has 1 aliphatic heterocycles. The highest BCUT2D eigenvalue weighted by Crippen LogP contribution is 2.35. The second-order valence-electron chi connectivity index (χ2n) is 6.14. The summed E-state index contributed by atoms with van der Waals surface area (Å²) in [4.78, 5) is 25.1. The number of amides is 3. The summed E-state index contributed by atoms with van der Waals surface area (Å²) in [6.07, 6.45) is 0. The molecule has 0 aliphatic carbocycles. The van der Waals surface area contributed by atoms with Gasteiger partial charge in [-0.05, 0) is 25.1 Å². The molecule has 3 N–H and O–H groups in total. The number of ether oxygens (including phenoxy) is 2. The third kappa shape index (κ3) is 4.45. The van der Waals surface area contributed by atoms with Crippen molar-refractivity contribution < 1.29 is 27.8 Å². The van der Waals surface area contributed by atoms with Gasteiger partial charge in [0, 0.05) is 11.3 Å². The van der Waals surface area contributed by atoms with Crippen molar-refractivity contribution in [2.45, 2.75) is 19.6 Å². The van der Waals surface area contributed by atoms with Gasteiger partial charge in [0.1, 0.15) is 11.5 Å². The number of halogens is 2. The molecule has 1 atom stereocenters. The lowest BCUT2D eigenvalue weighted by atomic mass is 9.94. The predicted octanol–water partition coefficient (Wildman–Crippen LogP) is 3.56.